The molecule has 1 aliphatic heterocycles. The number of aliphatic hydroxyl groups is 1. The van der Waals surface area contributed by atoms with Crippen LogP contribution >= 0.6 is 0 Å². The highest BCUT2D eigenvalue weighted by atomic mass is 28.4. The van der Waals surface area contributed by atoms with Crippen LogP contribution in [-0.4, -0.2) is 53.5 Å². The maximum Gasteiger partial charge on any atom is 0.261 e. The van der Waals surface area contributed by atoms with Crippen LogP contribution in [-0.2, 0) is 9.16 Å². The van der Waals surface area contributed by atoms with Crippen LogP contribution in [0.15, 0.2) is 134 Å². The van der Waals surface area contributed by atoms with Crippen molar-refractivity contribution in [3.63, 3.8) is 0 Å². The fourth-order valence-corrected chi connectivity index (χ4v) is 18.5. The minimum Gasteiger partial charge on any atom is -0.400 e. The molecule has 0 bridgehead atoms. The topological polar surface area (TPSA) is 38.7 Å². The summed E-state index contributed by atoms with van der Waals surface area (Å²) in [5, 5.41) is 17.7. The van der Waals surface area contributed by atoms with Crippen LogP contribution < -0.4 is 20.7 Å². The van der Waals surface area contributed by atoms with Crippen molar-refractivity contribution < 1.29 is 14.3 Å². The van der Waals surface area contributed by atoms with Crippen LogP contribution in [0.4, 0.5) is 0 Å². The molecule has 0 aliphatic carbocycles. The third-order valence-corrected chi connectivity index (χ3v) is 27.4. The zero-order chi connectivity index (χ0) is 42.2. The second kappa shape index (κ2) is 15.8. The second-order valence-corrected chi connectivity index (χ2v) is 33.9. The molecule has 5 rings (SSSR count). The molecule has 1 fully saturated rings. The minimum absolute atomic E-state index is 0.0451. The summed E-state index contributed by atoms with van der Waals surface area (Å²) in [6.45, 7) is 34.1. The molecule has 3 nitrogen and oxygen atoms in total. The highest BCUT2D eigenvalue weighted by Crippen LogP contribution is 2.51. The second-order valence-electron chi connectivity index (χ2n) is 20.3. The molecule has 0 radical (unpaired) electrons. The summed E-state index contributed by atoms with van der Waals surface area (Å²) in [6, 6.07) is 42.6. The SMILES string of the molecule is C=CC(O)(C#C[Si](c1ccccc1)(c1ccccc1)C(C)(C)C)[C@]1(C#C[Si](C)(C)C(C)(C)C)OCC(C)(C)[C@H]1O[Si](c1ccccc1)(c1ccccc1)C(C)(C)C. The number of rotatable bonds is 8. The van der Waals surface area contributed by atoms with Crippen molar-refractivity contribution >= 4 is 45.2 Å². The Labute approximate surface area is 348 Å². The van der Waals surface area contributed by atoms with E-state index >= 15 is 0 Å². The Balaban J connectivity index is 1.92. The zero-order valence-electron chi connectivity index (χ0n) is 36.9. The molecule has 57 heavy (non-hydrogen) atoms. The average molecular weight is 811 g/mol. The predicted octanol–water partition coefficient (Wildman–Crippen LogP) is 9.30. The van der Waals surface area contributed by atoms with Gasteiger partial charge in [-0.3, -0.25) is 0 Å². The highest BCUT2D eigenvalue weighted by molar-refractivity contribution is 7.10. The van der Waals surface area contributed by atoms with Crippen LogP contribution in [0.1, 0.15) is 76.2 Å². The van der Waals surface area contributed by atoms with E-state index in [1.54, 1.807) is 6.08 Å². The van der Waals surface area contributed by atoms with Crippen molar-refractivity contribution in [1.29, 1.82) is 0 Å². The zero-order valence-corrected chi connectivity index (χ0v) is 39.9. The van der Waals surface area contributed by atoms with Gasteiger partial charge in [0.25, 0.3) is 8.32 Å². The average Bonchev–Trinajstić information content (AvgIpc) is 3.42. The molecule has 1 N–H and O–H groups in total. The third-order valence-electron chi connectivity index (χ3n) is 12.7. The first-order valence-electron chi connectivity index (χ1n) is 20.4. The first-order valence-corrected chi connectivity index (χ1v) is 27.3. The summed E-state index contributed by atoms with van der Waals surface area (Å²) in [4.78, 5) is 0. The Morgan fingerprint density at radius 1 is 0.649 bits per heavy atom. The number of ether oxygens (including phenoxy) is 1. The van der Waals surface area contributed by atoms with E-state index in [1.165, 1.54) is 10.4 Å². The molecular weight excluding hydrogens is 745 g/mol. The molecule has 300 valence electrons. The van der Waals surface area contributed by atoms with E-state index in [4.69, 9.17) is 9.16 Å². The molecule has 0 saturated carbocycles. The number of hydrogen-bond donors (Lipinski definition) is 1. The van der Waals surface area contributed by atoms with Gasteiger partial charge in [-0.15, -0.1) is 11.1 Å². The number of benzene rings is 4. The lowest BCUT2D eigenvalue weighted by Gasteiger charge is -2.50. The summed E-state index contributed by atoms with van der Waals surface area (Å²) < 4.78 is 15.3. The normalized spacial score (nSPS) is 20.0. The first-order chi connectivity index (χ1) is 26.4. The standard InChI is InChI=1S/C51H66O3Si3/c1-15-50(52,36-39-56(47(5,6)7,41-28-20-16-21-29-41)42-30-22-17-23-31-42)51(37-38-55(13,14)46(2,3)4)45(49(11,12)40-53-51)54-57(48(8,9)10,43-32-24-18-25-33-43)44-34-26-19-27-35-44/h15-35,45,52H,1,40H2,2-14H3/t45-,50?,51-/m1/s1. The van der Waals surface area contributed by atoms with Gasteiger partial charge in [-0.2, -0.15) is 0 Å². The van der Waals surface area contributed by atoms with Crippen molar-refractivity contribution in [2.75, 3.05) is 6.61 Å². The Bertz CT molecular complexity index is 2040. The van der Waals surface area contributed by atoms with Crippen LogP contribution in [0.2, 0.25) is 28.2 Å². The lowest BCUT2D eigenvalue weighted by molar-refractivity contribution is -0.106. The summed E-state index contributed by atoms with van der Waals surface area (Å²) in [7, 11) is -8.47. The van der Waals surface area contributed by atoms with Crippen LogP contribution in [0.3, 0.4) is 0 Å². The Hall–Kier alpha value is -3.73. The van der Waals surface area contributed by atoms with Gasteiger partial charge in [0.2, 0.25) is 8.07 Å². The highest BCUT2D eigenvalue weighted by Gasteiger charge is 2.67. The summed E-state index contributed by atoms with van der Waals surface area (Å²) in [5.41, 5.74) is 3.64. The summed E-state index contributed by atoms with van der Waals surface area (Å²) in [5.74, 6) is 7.34. The molecular formula is C51H66O3Si3. The van der Waals surface area contributed by atoms with Crippen molar-refractivity contribution in [1.82, 2.24) is 0 Å². The molecule has 0 amide bonds. The van der Waals surface area contributed by atoms with E-state index in [-0.39, 0.29) is 15.1 Å². The van der Waals surface area contributed by atoms with Gasteiger partial charge in [-0.1, -0.05) is 229 Å². The van der Waals surface area contributed by atoms with E-state index in [9.17, 15) is 5.11 Å². The summed E-state index contributed by atoms with van der Waals surface area (Å²) in [6.07, 6.45) is 0.881. The molecule has 0 spiro atoms. The molecule has 0 aromatic heterocycles. The Morgan fingerprint density at radius 3 is 1.40 bits per heavy atom. The largest absolute Gasteiger partial charge is 0.400 e. The third kappa shape index (κ3) is 7.90. The Kier molecular flexibility index (Phi) is 12.3. The minimum atomic E-state index is -3.21. The molecule has 4 aromatic rings. The van der Waals surface area contributed by atoms with E-state index in [0.29, 0.717) is 6.61 Å². The smallest absolute Gasteiger partial charge is 0.261 e. The Morgan fingerprint density at radius 2 is 1.05 bits per heavy atom. The lowest BCUT2D eigenvalue weighted by Crippen LogP contribution is -2.72. The van der Waals surface area contributed by atoms with E-state index in [1.807, 2.05) is 0 Å². The van der Waals surface area contributed by atoms with E-state index < -0.39 is 47.2 Å². The van der Waals surface area contributed by atoms with Crippen LogP contribution in [0.5, 0.6) is 0 Å². The van der Waals surface area contributed by atoms with Crippen LogP contribution in [0, 0.1) is 28.3 Å². The van der Waals surface area contributed by atoms with Gasteiger partial charge in [-0.25, -0.2) is 0 Å². The molecule has 1 heterocycles. The van der Waals surface area contributed by atoms with Gasteiger partial charge in [0, 0.05) is 5.41 Å². The van der Waals surface area contributed by atoms with Gasteiger partial charge < -0.3 is 14.3 Å². The van der Waals surface area contributed by atoms with Gasteiger partial charge in [0.1, 0.15) is 8.07 Å². The molecule has 3 atom stereocenters. The van der Waals surface area contributed by atoms with Gasteiger partial charge in [-0.05, 0) is 41.9 Å². The molecule has 6 heteroatoms. The van der Waals surface area contributed by atoms with Gasteiger partial charge >= 0.3 is 0 Å². The molecule has 4 aromatic carbocycles. The van der Waals surface area contributed by atoms with E-state index in [0.717, 1.165) is 10.4 Å². The summed E-state index contributed by atoms with van der Waals surface area (Å²) >= 11 is 0. The van der Waals surface area contributed by atoms with Crippen molar-refractivity contribution in [2.45, 2.75) is 122 Å². The monoisotopic (exact) mass is 810 g/mol. The fourth-order valence-electron chi connectivity index (χ4n) is 8.28. The van der Waals surface area contributed by atoms with Gasteiger partial charge in [0.05, 0.1) is 12.7 Å². The fraction of sp³-hybridized carbons (Fsp3) is 0.412. The van der Waals surface area contributed by atoms with Crippen LogP contribution in [0.25, 0.3) is 0 Å². The first kappa shape index (κ1) is 44.4. The van der Waals surface area contributed by atoms with Gasteiger partial charge in [0.15, 0.2) is 11.2 Å². The maximum absolute atomic E-state index is 13.7. The number of hydrogen-bond acceptors (Lipinski definition) is 3. The van der Waals surface area contributed by atoms with Crippen molar-refractivity contribution in [3.05, 3.63) is 134 Å². The quantitative estimate of drug-likeness (QED) is 0.110. The van der Waals surface area contributed by atoms with E-state index in [2.05, 4.69) is 240 Å². The molecule has 1 unspecified atom stereocenters. The molecule has 1 saturated heterocycles. The lowest BCUT2D eigenvalue weighted by atomic mass is 9.72. The van der Waals surface area contributed by atoms with Crippen molar-refractivity contribution in [2.24, 2.45) is 5.41 Å². The predicted molar refractivity (Wildman–Crippen MR) is 250 cm³/mol. The maximum atomic E-state index is 13.7. The molecule has 1 aliphatic rings. The van der Waals surface area contributed by atoms with Crippen molar-refractivity contribution in [3.8, 4) is 22.9 Å².